The van der Waals surface area contributed by atoms with Crippen molar-refractivity contribution in [2.45, 2.75) is 38.0 Å². The van der Waals surface area contributed by atoms with E-state index in [2.05, 4.69) is 21.7 Å². The summed E-state index contributed by atoms with van der Waals surface area (Å²) >= 11 is 0. The van der Waals surface area contributed by atoms with E-state index >= 15 is 0 Å². The lowest BCUT2D eigenvalue weighted by atomic mass is 9.84. The van der Waals surface area contributed by atoms with Crippen molar-refractivity contribution in [3.8, 4) is 0 Å². The molecule has 134 valence electrons. The molecule has 25 heavy (non-hydrogen) atoms. The van der Waals surface area contributed by atoms with Crippen molar-refractivity contribution in [1.82, 2.24) is 19.7 Å². The lowest BCUT2D eigenvalue weighted by Gasteiger charge is -2.43. The third-order valence-electron chi connectivity index (χ3n) is 5.03. The molecule has 1 aromatic heterocycles. The molecule has 1 N–H and O–H groups in total. The van der Waals surface area contributed by atoms with Crippen LogP contribution in [0.25, 0.3) is 0 Å². The van der Waals surface area contributed by atoms with E-state index in [0.29, 0.717) is 0 Å². The maximum Gasteiger partial charge on any atom is 0.132 e. The minimum Gasteiger partial charge on any atom is -0.382 e. The van der Waals surface area contributed by atoms with Gasteiger partial charge in [-0.05, 0) is 25.8 Å². The highest BCUT2D eigenvalue weighted by molar-refractivity contribution is 5.27. The van der Waals surface area contributed by atoms with Crippen LogP contribution in [0, 0.1) is 11.6 Å². The van der Waals surface area contributed by atoms with Crippen molar-refractivity contribution < 1.29 is 13.9 Å². The van der Waals surface area contributed by atoms with Gasteiger partial charge in [0.15, 0.2) is 0 Å². The summed E-state index contributed by atoms with van der Waals surface area (Å²) in [6.45, 7) is 7.42. The molecule has 1 aliphatic heterocycles. The van der Waals surface area contributed by atoms with Gasteiger partial charge in [-0.15, -0.1) is 10.2 Å². The Hall–Kier alpha value is -2.12. The molecule has 2 atom stereocenters. The highest BCUT2D eigenvalue weighted by Crippen LogP contribution is 2.34. The first kappa shape index (κ1) is 17.7. The molecule has 0 bridgehead atoms. The highest BCUT2D eigenvalue weighted by Gasteiger charge is 2.42. The zero-order valence-electron chi connectivity index (χ0n) is 14.2. The largest absolute Gasteiger partial charge is 0.382 e. The molecule has 1 saturated heterocycles. The van der Waals surface area contributed by atoms with Crippen LogP contribution in [0.15, 0.2) is 43.0 Å². The minimum absolute atomic E-state index is 0.0690. The van der Waals surface area contributed by atoms with E-state index in [1.54, 1.807) is 4.57 Å². The number of likely N-dealkylation sites (tertiary alicyclic amines) is 1. The van der Waals surface area contributed by atoms with Crippen LogP contribution in [-0.4, -0.2) is 43.9 Å². The van der Waals surface area contributed by atoms with E-state index < -0.39 is 17.2 Å². The van der Waals surface area contributed by atoms with Gasteiger partial charge in [0.05, 0.1) is 6.54 Å². The van der Waals surface area contributed by atoms with Crippen LogP contribution < -0.4 is 0 Å². The van der Waals surface area contributed by atoms with Crippen LogP contribution >= 0.6 is 0 Å². The molecule has 2 aromatic rings. The number of piperidine rings is 1. The second kappa shape index (κ2) is 7.01. The maximum absolute atomic E-state index is 14.5. The van der Waals surface area contributed by atoms with Crippen LogP contribution in [-0.2, 0) is 12.1 Å². The van der Waals surface area contributed by atoms with Gasteiger partial charge in [0.25, 0.3) is 0 Å². The van der Waals surface area contributed by atoms with Gasteiger partial charge in [0, 0.05) is 30.8 Å². The molecule has 1 fully saturated rings. The predicted octanol–water partition coefficient (Wildman–Crippen LogP) is 2.48. The van der Waals surface area contributed by atoms with E-state index in [-0.39, 0.29) is 18.2 Å². The van der Waals surface area contributed by atoms with Gasteiger partial charge >= 0.3 is 0 Å². The zero-order chi connectivity index (χ0) is 18.0. The topological polar surface area (TPSA) is 54.2 Å². The first-order chi connectivity index (χ1) is 11.9. The molecule has 3 rings (SSSR count). The van der Waals surface area contributed by atoms with Crippen molar-refractivity contribution in [3.05, 3.63) is 60.2 Å². The Kier molecular flexibility index (Phi) is 4.96. The van der Waals surface area contributed by atoms with Crippen LogP contribution in [0.1, 0.15) is 25.3 Å². The number of aliphatic hydroxyl groups is 1. The van der Waals surface area contributed by atoms with Gasteiger partial charge < -0.3 is 9.67 Å². The van der Waals surface area contributed by atoms with E-state index in [4.69, 9.17) is 0 Å². The normalized spacial score (nSPS) is 19.6. The monoisotopic (exact) mass is 348 g/mol. The van der Waals surface area contributed by atoms with E-state index in [1.807, 2.05) is 6.92 Å². The molecular weight excluding hydrogens is 326 g/mol. The Morgan fingerprint density at radius 1 is 1.24 bits per heavy atom. The number of hydrogen-bond donors (Lipinski definition) is 1. The molecule has 0 radical (unpaired) electrons. The molecular formula is C18H22F2N4O. The average Bonchev–Trinajstić information content (AvgIpc) is 3.07. The van der Waals surface area contributed by atoms with Gasteiger partial charge in [0.2, 0.25) is 0 Å². The van der Waals surface area contributed by atoms with Crippen molar-refractivity contribution in [2.75, 3.05) is 13.1 Å². The number of hydrogen-bond acceptors (Lipinski definition) is 4. The van der Waals surface area contributed by atoms with Gasteiger partial charge in [-0.1, -0.05) is 18.2 Å². The lowest BCUT2D eigenvalue weighted by molar-refractivity contribution is -0.0636. The Bertz CT molecular complexity index is 740. The van der Waals surface area contributed by atoms with E-state index in [9.17, 15) is 13.9 Å². The predicted molar refractivity (Wildman–Crippen MR) is 89.7 cm³/mol. The number of aromatic nitrogens is 3. The third kappa shape index (κ3) is 3.62. The highest BCUT2D eigenvalue weighted by atomic mass is 19.1. The lowest BCUT2D eigenvalue weighted by Crippen LogP contribution is -2.53. The van der Waals surface area contributed by atoms with Crippen LogP contribution in [0.3, 0.4) is 0 Å². The standard InChI is InChI=1S/C18H22F2N4O/c1-13-5-7-24(8-6-13)14(2)18(25,10-23-11-21-22-12-23)16-4-3-15(19)9-17(16)20/h3-4,9,11-12,14,25H,1,5-8,10H2,2H3/t14-,18?/m1/s1. The molecule has 0 spiro atoms. The van der Waals surface area contributed by atoms with Crippen molar-refractivity contribution in [1.29, 1.82) is 0 Å². The van der Waals surface area contributed by atoms with E-state index in [0.717, 1.165) is 32.0 Å². The molecule has 1 aliphatic rings. The number of rotatable bonds is 5. The first-order valence-corrected chi connectivity index (χ1v) is 8.31. The fraction of sp³-hybridized carbons (Fsp3) is 0.444. The summed E-state index contributed by atoms with van der Waals surface area (Å²) in [5.41, 5.74) is -0.308. The Labute approximate surface area is 145 Å². The van der Waals surface area contributed by atoms with Crippen LogP contribution in [0.4, 0.5) is 8.78 Å². The Morgan fingerprint density at radius 3 is 2.48 bits per heavy atom. The van der Waals surface area contributed by atoms with Gasteiger partial charge in [-0.25, -0.2) is 8.78 Å². The summed E-state index contributed by atoms with van der Waals surface area (Å²) in [5, 5.41) is 19.0. The Balaban J connectivity index is 1.97. The first-order valence-electron chi connectivity index (χ1n) is 8.31. The molecule has 0 aliphatic carbocycles. The third-order valence-corrected chi connectivity index (χ3v) is 5.03. The number of halogens is 2. The summed E-state index contributed by atoms with van der Waals surface area (Å²) < 4.78 is 29.4. The Morgan fingerprint density at radius 2 is 1.88 bits per heavy atom. The SMILES string of the molecule is C=C1CCN([C@H](C)C(O)(Cn2cnnc2)c2ccc(F)cc2F)CC1. The summed E-state index contributed by atoms with van der Waals surface area (Å²) in [6, 6.07) is 2.90. The average molecular weight is 348 g/mol. The molecule has 5 nitrogen and oxygen atoms in total. The molecule has 7 heteroatoms. The molecule has 1 unspecified atom stereocenters. The van der Waals surface area contributed by atoms with Crippen molar-refractivity contribution in [3.63, 3.8) is 0 Å². The van der Waals surface area contributed by atoms with Crippen molar-refractivity contribution >= 4 is 0 Å². The van der Waals surface area contributed by atoms with Gasteiger partial charge in [0.1, 0.15) is 29.9 Å². The summed E-state index contributed by atoms with van der Waals surface area (Å²) in [5.74, 6) is -1.43. The zero-order valence-corrected chi connectivity index (χ0v) is 14.2. The van der Waals surface area contributed by atoms with Gasteiger partial charge in [-0.3, -0.25) is 4.90 Å². The van der Waals surface area contributed by atoms with Gasteiger partial charge in [-0.2, -0.15) is 0 Å². The number of nitrogens with zero attached hydrogens (tertiary/aromatic N) is 4. The smallest absolute Gasteiger partial charge is 0.132 e. The van der Waals surface area contributed by atoms with Crippen LogP contribution in [0.5, 0.6) is 0 Å². The van der Waals surface area contributed by atoms with Crippen molar-refractivity contribution in [2.24, 2.45) is 0 Å². The minimum atomic E-state index is -1.56. The fourth-order valence-corrected chi connectivity index (χ4v) is 3.39. The van der Waals surface area contributed by atoms with Crippen LogP contribution in [0.2, 0.25) is 0 Å². The molecule has 2 heterocycles. The summed E-state index contributed by atoms with van der Waals surface area (Å²) in [7, 11) is 0. The number of benzene rings is 1. The molecule has 1 aromatic carbocycles. The summed E-state index contributed by atoms with van der Waals surface area (Å²) in [6.07, 6.45) is 4.63. The maximum atomic E-state index is 14.5. The second-order valence-electron chi connectivity index (χ2n) is 6.64. The quantitative estimate of drug-likeness (QED) is 0.844. The second-order valence-corrected chi connectivity index (χ2v) is 6.64. The van der Waals surface area contributed by atoms with E-state index in [1.165, 1.54) is 30.4 Å². The molecule has 0 saturated carbocycles. The fourth-order valence-electron chi connectivity index (χ4n) is 3.39. The molecule has 0 amide bonds. The summed E-state index contributed by atoms with van der Waals surface area (Å²) in [4.78, 5) is 2.11.